The Morgan fingerprint density at radius 2 is 1.31 bits per heavy atom. The van der Waals surface area contributed by atoms with E-state index in [0.29, 0.717) is 11.5 Å². The van der Waals surface area contributed by atoms with Crippen molar-refractivity contribution in [3.63, 3.8) is 0 Å². The molecule has 0 amide bonds. The Bertz CT molecular complexity index is 1690. The molecule has 0 fully saturated rings. The fraction of sp³-hybridized carbons (Fsp3) is 0.0833. The second kappa shape index (κ2) is 6.95. The zero-order chi connectivity index (χ0) is 22.1. The van der Waals surface area contributed by atoms with Crippen LogP contribution in [0.2, 0.25) is 0 Å². The lowest BCUT2D eigenvalue weighted by Gasteiger charge is -2.03. The van der Waals surface area contributed by atoms with Crippen LogP contribution in [0.5, 0.6) is 0 Å². The summed E-state index contributed by atoms with van der Waals surface area (Å²) < 4.78 is 7.98. The minimum Gasteiger partial charge on any atom is -0.384 e. The summed E-state index contributed by atoms with van der Waals surface area (Å²) in [6, 6.07) is 16.4. The lowest BCUT2D eigenvalue weighted by molar-refractivity contribution is 0.950. The molecule has 0 atom stereocenters. The summed E-state index contributed by atoms with van der Waals surface area (Å²) in [6.07, 6.45) is 4.19. The molecule has 32 heavy (non-hydrogen) atoms. The van der Waals surface area contributed by atoms with Gasteiger partial charge in [-0.1, -0.05) is 31.9 Å². The average Bonchev–Trinajstić information content (AvgIpc) is 3.42. The highest BCUT2D eigenvalue weighted by Crippen LogP contribution is 2.35. The van der Waals surface area contributed by atoms with Crippen LogP contribution < -0.4 is 5.73 Å². The molecule has 0 spiro atoms. The van der Waals surface area contributed by atoms with Gasteiger partial charge in [0.2, 0.25) is 0 Å². The number of hydrogen-bond donors (Lipinski definition) is 1. The van der Waals surface area contributed by atoms with Crippen molar-refractivity contribution in [2.45, 2.75) is 0 Å². The van der Waals surface area contributed by atoms with Crippen LogP contribution in [0.4, 0.5) is 5.82 Å². The van der Waals surface area contributed by atoms with Gasteiger partial charge in [-0.25, -0.2) is 4.98 Å². The molecule has 158 valence electrons. The number of fused-ring (bicyclic) bond motifs is 3. The normalized spacial score (nSPS) is 11.9. The number of aryl methyl sites for hydroxylation is 2. The predicted octanol–water partition coefficient (Wildman–Crippen LogP) is 6.15. The number of aromatic nitrogens is 5. The molecule has 0 radical (unpaired) electrons. The quantitative estimate of drug-likeness (QED) is 0.281. The molecular weight excluding hydrogens is 532 g/mol. The number of anilines is 1. The molecular formula is C24H18Br2N6. The van der Waals surface area contributed by atoms with Crippen molar-refractivity contribution in [2.24, 2.45) is 14.1 Å². The van der Waals surface area contributed by atoms with Gasteiger partial charge in [-0.3, -0.25) is 0 Å². The maximum absolute atomic E-state index is 6.44. The first-order chi connectivity index (χ1) is 15.4. The zero-order valence-electron chi connectivity index (χ0n) is 17.3. The van der Waals surface area contributed by atoms with E-state index in [1.54, 1.807) is 4.52 Å². The molecule has 0 aliphatic carbocycles. The maximum atomic E-state index is 6.44. The van der Waals surface area contributed by atoms with Crippen molar-refractivity contribution in [2.75, 3.05) is 5.73 Å². The standard InChI is InChI=1S/C24H18Br2N6/c1-30-11-17(15-7-13(25)3-5-21(15)30)19-9-23(27)32-24(28-19)10-20(29-32)18-12-31(2)22-6-4-14(26)8-16(18)22/h3-12H,27H2,1-2H3. The Morgan fingerprint density at radius 1 is 0.750 bits per heavy atom. The van der Waals surface area contributed by atoms with Gasteiger partial charge in [0.25, 0.3) is 0 Å². The van der Waals surface area contributed by atoms with E-state index in [0.717, 1.165) is 53.3 Å². The van der Waals surface area contributed by atoms with Crippen LogP contribution in [-0.4, -0.2) is 23.7 Å². The molecule has 6 nitrogen and oxygen atoms in total. The fourth-order valence-electron chi connectivity index (χ4n) is 4.40. The Hall–Kier alpha value is -3.10. The third kappa shape index (κ3) is 2.90. The molecule has 0 bridgehead atoms. The van der Waals surface area contributed by atoms with Crippen molar-refractivity contribution in [1.29, 1.82) is 0 Å². The smallest absolute Gasteiger partial charge is 0.158 e. The zero-order valence-corrected chi connectivity index (χ0v) is 20.5. The van der Waals surface area contributed by atoms with Crippen LogP contribution >= 0.6 is 31.9 Å². The summed E-state index contributed by atoms with van der Waals surface area (Å²) in [5.41, 5.74) is 13.2. The third-order valence-electron chi connectivity index (χ3n) is 5.91. The minimum absolute atomic E-state index is 0.546. The van der Waals surface area contributed by atoms with Gasteiger partial charge >= 0.3 is 0 Å². The van der Waals surface area contributed by atoms with Crippen LogP contribution in [0.3, 0.4) is 0 Å². The second-order valence-corrected chi connectivity index (χ2v) is 9.83. The number of nitrogens with two attached hydrogens (primary N) is 1. The monoisotopic (exact) mass is 548 g/mol. The molecule has 4 aromatic heterocycles. The molecule has 2 N–H and O–H groups in total. The molecule has 0 saturated heterocycles. The highest BCUT2D eigenvalue weighted by atomic mass is 79.9. The van der Waals surface area contributed by atoms with Gasteiger partial charge in [0.1, 0.15) is 5.82 Å². The molecule has 0 saturated carbocycles. The molecule has 0 aliphatic rings. The van der Waals surface area contributed by atoms with Gasteiger partial charge in [-0.15, -0.1) is 0 Å². The third-order valence-corrected chi connectivity index (χ3v) is 6.90. The van der Waals surface area contributed by atoms with Gasteiger partial charge in [-0.2, -0.15) is 9.61 Å². The molecule has 8 heteroatoms. The molecule has 6 aromatic rings. The number of rotatable bonds is 2. The Labute approximate surface area is 200 Å². The minimum atomic E-state index is 0.546. The Morgan fingerprint density at radius 3 is 1.91 bits per heavy atom. The lowest BCUT2D eigenvalue weighted by atomic mass is 10.1. The molecule has 0 aliphatic heterocycles. The number of hydrogen-bond acceptors (Lipinski definition) is 3. The summed E-state index contributed by atoms with van der Waals surface area (Å²) in [4.78, 5) is 4.93. The van der Waals surface area contributed by atoms with Crippen LogP contribution in [-0.2, 0) is 14.1 Å². The van der Waals surface area contributed by atoms with Crippen LogP contribution in [0, 0.1) is 0 Å². The summed E-state index contributed by atoms with van der Waals surface area (Å²) in [5, 5.41) is 7.03. The van der Waals surface area contributed by atoms with Gasteiger partial charge in [0, 0.05) is 80.5 Å². The van der Waals surface area contributed by atoms with E-state index in [1.165, 1.54) is 0 Å². The highest BCUT2D eigenvalue weighted by Gasteiger charge is 2.17. The Kier molecular flexibility index (Phi) is 4.25. The summed E-state index contributed by atoms with van der Waals surface area (Å²) in [6.45, 7) is 0. The Balaban J connectivity index is 1.56. The second-order valence-electron chi connectivity index (χ2n) is 8.00. The molecule has 2 aromatic carbocycles. The summed E-state index contributed by atoms with van der Waals surface area (Å²) in [5.74, 6) is 0.546. The van der Waals surface area contributed by atoms with Crippen molar-refractivity contribution >= 4 is 65.1 Å². The van der Waals surface area contributed by atoms with Crippen molar-refractivity contribution in [1.82, 2.24) is 23.7 Å². The van der Waals surface area contributed by atoms with Gasteiger partial charge < -0.3 is 14.9 Å². The van der Waals surface area contributed by atoms with E-state index < -0.39 is 0 Å². The van der Waals surface area contributed by atoms with Gasteiger partial charge in [0.15, 0.2) is 5.65 Å². The maximum Gasteiger partial charge on any atom is 0.158 e. The first-order valence-corrected chi connectivity index (χ1v) is 11.6. The van der Waals surface area contributed by atoms with E-state index in [2.05, 4.69) is 77.7 Å². The van der Waals surface area contributed by atoms with E-state index in [9.17, 15) is 0 Å². The van der Waals surface area contributed by atoms with E-state index in [4.69, 9.17) is 15.8 Å². The molecule has 4 heterocycles. The van der Waals surface area contributed by atoms with E-state index in [-0.39, 0.29) is 0 Å². The number of nitrogen functional groups attached to an aromatic ring is 1. The van der Waals surface area contributed by atoms with Crippen molar-refractivity contribution < 1.29 is 0 Å². The fourth-order valence-corrected chi connectivity index (χ4v) is 5.13. The number of halogens is 2. The van der Waals surface area contributed by atoms with Gasteiger partial charge in [0.05, 0.1) is 11.4 Å². The largest absolute Gasteiger partial charge is 0.384 e. The average molecular weight is 550 g/mol. The highest BCUT2D eigenvalue weighted by molar-refractivity contribution is 9.10. The first kappa shape index (κ1) is 19.6. The topological polar surface area (TPSA) is 66.1 Å². The van der Waals surface area contributed by atoms with Gasteiger partial charge in [-0.05, 0) is 36.4 Å². The summed E-state index contributed by atoms with van der Waals surface area (Å²) >= 11 is 7.17. The lowest BCUT2D eigenvalue weighted by Crippen LogP contribution is -2.01. The van der Waals surface area contributed by atoms with Crippen LogP contribution in [0.15, 0.2) is 69.9 Å². The number of benzene rings is 2. The number of nitrogens with zero attached hydrogens (tertiary/aromatic N) is 5. The predicted molar refractivity (Wildman–Crippen MR) is 137 cm³/mol. The first-order valence-electron chi connectivity index (χ1n) is 10.1. The van der Waals surface area contributed by atoms with E-state index in [1.807, 2.05) is 38.4 Å². The molecule has 6 rings (SSSR count). The summed E-state index contributed by atoms with van der Waals surface area (Å²) in [7, 11) is 4.08. The van der Waals surface area contributed by atoms with Crippen molar-refractivity contribution in [3.8, 4) is 22.5 Å². The van der Waals surface area contributed by atoms with Crippen molar-refractivity contribution in [3.05, 3.63) is 69.9 Å². The molecule has 0 unspecified atom stereocenters. The van der Waals surface area contributed by atoms with Crippen LogP contribution in [0.1, 0.15) is 0 Å². The SMILES string of the molecule is Cn1cc(-c2cc(N)n3nc(-c4cn(C)c5ccc(Br)cc45)cc3n2)c2cc(Br)ccc21. The van der Waals surface area contributed by atoms with Crippen LogP contribution in [0.25, 0.3) is 50.0 Å². The van der Waals surface area contributed by atoms with E-state index >= 15 is 0 Å².